The van der Waals surface area contributed by atoms with Crippen LogP contribution in [0.4, 0.5) is 0 Å². The van der Waals surface area contributed by atoms with Crippen LogP contribution in [0.15, 0.2) is 0 Å². The SMILES string of the molecule is CCC1(C(=O)C2CCOCC2)CCNCC1. The molecule has 2 fully saturated rings. The predicted molar refractivity (Wildman–Crippen MR) is 63.4 cm³/mol. The van der Waals surface area contributed by atoms with E-state index in [1.807, 2.05) is 0 Å². The maximum Gasteiger partial charge on any atom is 0.142 e. The molecule has 0 saturated carbocycles. The number of hydrogen-bond donors (Lipinski definition) is 1. The lowest BCUT2D eigenvalue weighted by Crippen LogP contribution is -2.45. The summed E-state index contributed by atoms with van der Waals surface area (Å²) in [5.74, 6) is 0.798. The van der Waals surface area contributed by atoms with Crippen LogP contribution in [0.1, 0.15) is 39.0 Å². The van der Waals surface area contributed by atoms with Gasteiger partial charge in [0.15, 0.2) is 0 Å². The third kappa shape index (κ3) is 2.30. The van der Waals surface area contributed by atoms with Gasteiger partial charge in [-0.25, -0.2) is 0 Å². The highest BCUT2D eigenvalue weighted by molar-refractivity contribution is 5.87. The van der Waals surface area contributed by atoms with E-state index in [9.17, 15) is 4.79 Å². The first kappa shape index (κ1) is 12.1. The fourth-order valence-electron chi connectivity index (χ4n) is 3.07. The Morgan fingerprint density at radius 2 is 1.94 bits per heavy atom. The summed E-state index contributed by atoms with van der Waals surface area (Å²) in [6.45, 7) is 5.72. The van der Waals surface area contributed by atoms with Gasteiger partial charge in [0.1, 0.15) is 5.78 Å². The maximum atomic E-state index is 12.6. The van der Waals surface area contributed by atoms with Crippen LogP contribution >= 0.6 is 0 Å². The lowest BCUT2D eigenvalue weighted by molar-refractivity contribution is -0.137. The summed E-state index contributed by atoms with van der Waals surface area (Å²) in [6, 6.07) is 0. The molecule has 2 heterocycles. The van der Waals surface area contributed by atoms with E-state index >= 15 is 0 Å². The average Bonchev–Trinajstić information content (AvgIpc) is 2.39. The Hall–Kier alpha value is -0.410. The Kier molecular flexibility index (Phi) is 3.98. The highest BCUT2D eigenvalue weighted by Gasteiger charge is 2.41. The Morgan fingerprint density at radius 1 is 1.31 bits per heavy atom. The van der Waals surface area contributed by atoms with Crippen molar-refractivity contribution in [2.75, 3.05) is 26.3 Å². The van der Waals surface area contributed by atoms with Crippen LogP contribution in [0.2, 0.25) is 0 Å². The molecule has 0 aromatic rings. The highest BCUT2D eigenvalue weighted by Crippen LogP contribution is 2.38. The van der Waals surface area contributed by atoms with Crippen molar-refractivity contribution in [2.45, 2.75) is 39.0 Å². The molecule has 2 aliphatic heterocycles. The second-order valence-electron chi connectivity index (χ2n) is 5.13. The van der Waals surface area contributed by atoms with E-state index in [4.69, 9.17) is 4.74 Å². The van der Waals surface area contributed by atoms with Crippen molar-refractivity contribution in [1.82, 2.24) is 5.32 Å². The fourth-order valence-corrected chi connectivity index (χ4v) is 3.07. The maximum absolute atomic E-state index is 12.6. The molecule has 0 radical (unpaired) electrons. The molecule has 0 aliphatic carbocycles. The van der Waals surface area contributed by atoms with Gasteiger partial charge in [-0.2, -0.15) is 0 Å². The van der Waals surface area contributed by atoms with Gasteiger partial charge in [0.2, 0.25) is 0 Å². The lowest BCUT2D eigenvalue weighted by atomic mass is 9.68. The molecule has 3 nitrogen and oxygen atoms in total. The number of Topliss-reactive ketones (excluding diaryl/α,β-unsaturated/α-hetero) is 1. The van der Waals surface area contributed by atoms with E-state index in [0.29, 0.717) is 5.78 Å². The second kappa shape index (κ2) is 5.28. The molecule has 2 saturated heterocycles. The first-order valence-electron chi connectivity index (χ1n) is 6.61. The summed E-state index contributed by atoms with van der Waals surface area (Å²) in [4.78, 5) is 12.6. The topological polar surface area (TPSA) is 38.3 Å². The van der Waals surface area contributed by atoms with Crippen molar-refractivity contribution >= 4 is 5.78 Å². The van der Waals surface area contributed by atoms with Gasteiger partial charge in [-0.3, -0.25) is 4.79 Å². The molecular formula is C13H23NO2. The summed E-state index contributed by atoms with van der Waals surface area (Å²) in [7, 11) is 0. The number of hydrogen-bond acceptors (Lipinski definition) is 3. The van der Waals surface area contributed by atoms with Crippen LogP contribution in [0.5, 0.6) is 0 Å². The van der Waals surface area contributed by atoms with Gasteiger partial charge in [0.25, 0.3) is 0 Å². The second-order valence-corrected chi connectivity index (χ2v) is 5.13. The van der Waals surface area contributed by atoms with E-state index in [1.165, 1.54) is 0 Å². The van der Waals surface area contributed by atoms with Gasteiger partial charge >= 0.3 is 0 Å². The largest absolute Gasteiger partial charge is 0.381 e. The highest BCUT2D eigenvalue weighted by atomic mass is 16.5. The van der Waals surface area contributed by atoms with Crippen molar-refractivity contribution in [1.29, 1.82) is 0 Å². The number of nitrogens with one attached hydrogen (secondary N) is 1. The van der Waals surface area contributed by atoms with Crippen LogP contribution in [-0.4, -0.2) is 32.1 Å². The van der Waals surface area contributed by atoms with Crippen LogP contribution in [-0.2, 0) is 9.53 Å². The third-order valence-electron chi connectivity index (χ3n) is 4.35. The number of ether oxygens (including phenoxy) is 1. The van der Waals surface area contributed by atoms with E-state index in [1.54, 1.807) is 0 Å². The Bertz CT molecular complexity index is 240. The summed E-state index contributed by atoms with van der Waals surface area (Å²) in [6.07, 6.45) is 4.94. The van der Waals surface area contributed by atoms with Crippen molar-refractivity contribution in [3.63, 3.8) is 0 Å². The zero-order chi connectivity index (χ0) is 11.4. The molecular weight excluding hydrogens is 202 g/mol. The normalized spacial score (nSPS) is 26.6. The molecule has 92 valence electrons. The number of rotatable bonds is 3. The third-order valence-corrected chi connectivity index (χ3v) is 4.35. The van der Waals surface area contributed by atoms with Crippen molar-refractivity contribution < 1.29 is 9.53 Å². The number of ketones is 1. The van der Waals surface area contributed by atoms with Gasteiger partial charge in [0, 0.05) is 24.5 Å². The average molecular weight is 225 g/mol. The first-order valence-corrected chi connectivity index (χ1v) is 6.61. The van der Waals surface area contributed by atoms with Crippen molar-refractivity contribution in [3.05, 3.63) is 0 Å². The van der Waals surface area contributed by atoms with Gasteiger partial charge in [0.05, 0.1) is 0 Å². The molecule has 0 atom stereocenters. The molecule has 0 aromatic heterocycles. The van der Waals surface area contributed by atoms with Crippen LogP contribution < -0.4 is 5.32 Å². The van der Waals surface area contributed by atoms with Crippen LogP contribution in [0, 0.1) is 11.3 Å². The molecule has 0 unspecified atom stereocenters. The van der Waals surface area contributed by atoms with E-state index in [2.05, 4.69) is 12.2 Å². The molecule has 16 heavy (non-hydrogen) atoms. The molecule has 2 rings (SSSR count). The van der Waals surface area contributed by atoms with Crippen LogP contribution in [0.3, 0.4) is 0 Å². The molecule has 2 aliphatic rings. The molecule has 0 amide bonds. The van der Waals surface area contributed by atoms with Crippen LogP contribution in [0.25, 0.3) is 0 Å². The quantitative estimate of drug-likeness (QED) is 0.795. The Balaban J connectivity index is 2.04. The molecule has 1 N–H and O–H groups in total. The summed E-state index contributed by atoms with van der Waals surface area (Å²) >= 11 is 0. The summed E-state index contributed by atoms with van der Waals surface area (Å²) in [5.41, 5.74) is -0.0206. The van der Waals surface area contributed by atoms with E-state index < -0.39 is 0 Å². The summed E-state index contributed by atoms with van der Waals surface area (Å²) in [5, 5.41) is 3.35. The minimum Gasteiger partial charge on any atom is -0.381 e. The number of carbonyl (C=O) groups is 1. The molecule has 0 aromatic carbocycles. The van der Waals surface area contributed by atoms with E-state index in [-0.39, 0.29) is 11.3 Å². The van der Waals surface area contributed by atoms with Gasteiger partial charge < -0.3 is 10.1 Å². The van der Waals surface area contributed by atoms with Crippen molar-refractivity contribution in [3.8, 4) is 0 Å². The zero-order valence-corrected chi connectivity index (χ0v) is 10.3. The predicted octanol–water partition coefficient (Wildman–Crippen LogP) is 1.76. The number of carbonyl (C=O) groups excluding carboxylic acids is 1. The minimum atomic E-state index is -0.0206. The molecule has 3 heteroatoms. The smallest absolute Gasteiger partial charge is 0.142 e. The Labute approximate surface area is 97.9 Å². The summed E-state index contributed by atoms with van der Waals surface area (Å²) < 4.78 is 5.34. The molecule has 0 bridgehead atoms. The zero-order valence-electron chi connectivity index (χ0n) is 10.3. The van der Waals surface area contributed by atoms with E-state index in [0.717, 1.165) is 58.4 Å². The lowest BCUT2D eigenvalue weighted by Gasteiger charge is -2.38. The number of piperidine rings is 1. The molecule has 0 spiro atoms. The minimum absolute atomic E-state index is 0.0206. The Morgan fingerprint density at radius 3 is 2.50 bits per heavy atom. The van der Waals surface area contributed by atoms with Gasteiger partial charge in [-0.15, -0.1) is 0 Å². The fraction of sp³-hybridized carbons (Fsp3) is 0.923. The monoisotopic (exact) mass is 225 g/mol. The standard InChI is InChI=1S/C13H23NO2/c1-2-13(5-7-14-8-6-13)12(15)11-3-9-16-10-4-11/h11,14H,2-10H2,1H3. The van der Waals surface area contributed by atoms with Crippen molar-refractivity contribution in [2.24, 2.45) is 11.3 Å². The van der Waals surface area contributed by atoms with Gasteiger partial charge in [-0.05, 0) is 45.2 Å². The first-order chi connectivity index (χ1) is 7.78. The van der Waals surface area contributed by atoms with Gasteiger partial charge in [-0.1, -0.05) is 6.92 Å².